The van der Waals surface area contributed by atoms with Gasteiger partial charge in [0.1, 0.15) is 0 Å². The highest BCUT2D eigenvalue weighted by molar-refractivity contribution is 7.71. The molecular weight excluding hydrogens is 476 g/mol. The number of rotatable bonds is 6. The van der Waals surface area contributed by atoms with E-state index in [0.29, 0.717) is 39.3 Å². The zero-order valence-electron chi connectivity index (χ0n) is 19.2. The normalized spacial score (nSPS) is 12.3. The van der Waals surface area contributed by atoms with E-state index in [0.717, 1.165) is 17.5 Å². The van der Waals surface area contributed by atoms with E-state index in [1.807, 2.05) is 36.5 Å². The van der Waals surface area contributed by atoms with Crippen LogP contribution in [0.15, 0.2) is 71.7 Å². The maximum Gasteiger partial charge on any atom is 0.262 e. The molecule has 3 heterocycles. The first-order valence-electron chi connectivity index (χ1n) is 11.6. The zero-order chi connectivity index (χ0) is 24.6. The second-order valence-electron chi connectivity index (χ2n) is 8.63. The van der Waals surface area contributed by atoms with Crippen LogP contribution in [0.1, 0.15) is 21.5 Å². The maximum absolute atomic E-state index is 13.1. The van der Waals surface area contributed by atoms with Crippen LogP contribution in [0, 0.1) is 4.77 Å². The lowest BCUT2D eigenvalue weighted by Crippen LogP contribution is -2.25. The van der Waals surface area contributed by atoms with Crippen molar-refractivity contribution >= 4 is 39.9 Å². The first kappa shape index (κ1) is 22.1. The number of carbonyl (C=O) groups excluding carboxylic acids is 1. The van der Waals surface area contributed by atoms with Crippen molar-refractivity contribution in [2.45, 2.75) is 13.0 Å². The van der Waals surface area contributed by atoms with Crippen molar-refractivity contribution < 1.29 is 14.3 Å². The van der Waals surface area contributed by atoms with Crippen LogP contribution >= 0.6 is 12.2 Å². The van der Waals surface area contributed by atoms with Crippen molar-refractivity contribution in [1.29, 1.82) is 0 Å². The molecule has 0 bridgehead atoms. The molecule has 3 N–H and O–H groups in total. The molecule has 5 aromatic rings. The number of hydrogen-bond donors (Lipinski definition) is 3. The molecule has 3 aromatic carbocycles. The van der Waals surface area contributed by atoms with Gasteiger partial charge in [-0.3, -0.25) is 14.2 Å². The molecule has 1 aliphatic rings. The molecule has 36 heavy (non-hydrogen) atoms. The molecule has 0 saturated heterocycles. The van der Waals surface area contributed by atoms with Crippen LogP contribution in [0.5, 0.6) is 11.5 Å². The Labute approximate surface area is 210 Å². The number of ether oxygens (including phenoxy) is 2. The van der Waals surface area contributed by atoms with E-state index in [2.05, 4.69) is 21.4 Å². The minimum absolute atomic E-state index is 0.129. The van der Waals surface area contributed by atoms with Crippen LogP contribution < -0.4 is 20.3 Å². The van der Waals surface area contributed by atoms with Crippen LogP contribution in [0.2, 0.25) is 0 Å². The number of aromatic nitrogens is 3. The molecular formula is C27H22N4O4S. The minimum atomic E-state index is -0.217. The first-order valence-corrected chi connectivity index (χ1v) is 12.0. The van der Waals surface area contributed by atoms with Gasteiger partial charge in [-0.25, -0.2) is 0 Å². The molecule has 180 valence electrons. The van der Waals surface area contributed by atoms with Crippen LogP contribution in [0.3, 0.4) is 0 Å². The van der Waals surface area contributed by atoms with Crippen LogP contribution in [-0.4, -0.2) is 33.8 Å². The van der Waals surface area contributed by atoms with Gasteiger partial charge in [0.15, 0.2) is 16.3 Å². The molecule has 0 radical (unpaired) electrons. The minimum Gasteiger partial charge on any atom is -0.454 e. The Balaban J connectivity index is 1.14. The molecule has 1 aliphatic heterocycles. The van der Waals surface area contributed by atoms with Crippen LogP contribution in [-0.2, 0) is 13.0 Å². The van der Waals surface area contributed by atoms with Crippen molar-refractivity contribution in [3.63, 3.8) is 0 Å². The van der Waals surface area contributed by atoms with Crippen molar-refractivity contribution in [3.05, 3.63) is 98.7 Å². The Morgan fingerprint density at radius 2 is 1.78 bits per heavy atom. The summed E-state index contributed by atoms with van der Waals surface area (Å²) in [5.74, 6) is 0.981. The molecule has 0 atom stereocenters. The summed E-state index contributed by atoms with van der Waals surface area (Å²) in [7, 11) is 0. The van der Waals surface area contributed by atoms with Crippen molar-refractivity contribution in [3.8, 4) is 11.5 Å². The number of aromatic amines is 2. The van der Waals surface area contributed by atoms with Crippen molar-refractivity contribution in [2.24, 2.45) is 0 Å². The van der Waals surface area contributed by atoms with Crippen molar-refractivity contribution in [2.75, 3.05) is 13.3 Å². The van der Waals surface area contributed by atoms with Crippen LogP contribution in [0.25, 0.3) is 21.8 Å². The molecule has 2 aromatic heterocycles. The summed E-state index contributed by atoms with van der Waals surface area (Å²) in [6.45, 7) is 0.938. The van der Waals surface area contributed by atoms with Gasteiger partial charge in [-0.15, -0.1) is 0 Å². The molecule has 1 amide bonds. The predicted octanol–water partition coefficient (Wildman–Crippen LogP) is 4.29. The molecule has 0 fully saturated rings. The summed E-state index contributed by atoms with van der Waals surface area (Å²) in [5.41, 5.74) is 4.05. The predicted molar refractivity (Wildman–Crippen MR) is 139 cm³/mol. The van der Waals surface area contributed by atoms with E-state index in [4.69, 9.17) is 21.7 Å². The van der Waals surface area contributed by atoms with E-state index in [1.54, 1.807) is 24.3 Å². The second-order valence-corrected chi connectivity index (χ2v) is 9.02. The number of benzene rings is 3. The van der Waals surface area contributed by atoms with Gasteiger partial charge in [0.05, 0.1) is 17.4 Å². The van der Waals surface area contributed by atoms with Gasteiger partial charge in [0.2, 0.25) is 6.79 Å². The lowest BCUT2D eigenvalue weighted by molar-refractivity contribution is 0.0954. The van der Waals surface area contributed by atoms with E-state index >= 15 is 0 Å². The molecule has 8 nitrogen and oxygen atoms in total. The lowest BCUT2D eigenvalue weighted by atomic mass is 10.1. The summed E-state index contributed by atoms with van der Waals surface area (Å²) >= 11 is 5.44. The summed E-state index contributed by atoms with van der Waals surface area (Å²) in [6, 6.07) is 18.7. The number of nitrogens with one attached hydrogen (secondary N) is 3. The monoisotopic (exact) mass is 498 g/mol. The molecule has 0 saturated carbocycles. The van der Waals surface area contributed by atoms with Gasteiger partial charge in [-0.05, 0) is 54.0 Å². The third kappa shape index (κ3) is 4.03. The molecule has 9 heteroatoms. The average molecular weight is 499 g/mol. The first-order chi connectivity index (χ1) is 17.6. The van der Waals surface area contributed by atoms with Gasteiger partial charge in [0.25, 0.3) is 11.5 Å². The largest absolute Gasteiger partial charge is 0.454 e. The molecule has 6 rings (SSSR count). The number of nitrogens with zero attached hydrogens (tertiary/aromatic N) is 1. The van der Waals surface area contributed by atoms with Crippen molar-refractivity contribution in [1.82, 2.24) is 19.9 Å². The third-order valence-corrected chi connectivity index (χ3v) is 6.71. The Hall–Kier alpha value is -4.37. The molecule has 0 aliphatic carbocycles. The van der Waals surface area contributed by atoms with Gasteiger partial charge in [-0.1, -0.05) is 30.3 Å². The van der Waals surface area contributed by atoms with Gasteiger partial charge < -0.3 is 24.8 Å². The summed E-state index contributed by atoms with van der Waals surface area (Å²) in [4.78, 5) is 32.1. The number of fused-ring (bicyclic) bond motifs is 3. The SMILES string of the molecule is O=C(NCCc1c[nH]c2ccccc12)c1ccc(Cn2c(=S)[nH]c3cc4c(cc3c2=O)OCO4)cc1. The standard InChI is InChI=1S/C27H22N4O4S/c32-25(28-10-9-18-13-29-21-4-2-1-3-19(18)21)17-7-5-16(6-8-17)14-31-26(33)20-11-23-24(35-15-34-23)12-22(20)30-27(31)36/h1-8,11-13,29H,9-10,14-15H2,(H,28,32)(H,30,36). The quantitative estimate of drug-likeness (QED) is 0.303. The third-order valence-electron chi connectivity index (χ3n) is 6.39. The zero-order valence-corrected chi connectivity index (χ0v) is 20.0. The van der Waals surface area contributed by atoms with Crippen LogP contribution in [0.4, 0.5) is 0 Å². The highest BCUT2D eigenvalue weighted by Gasteiger charge is 2.17. The Bertz CT molecular complexity index is 1730. The fourth-order valence-electron chi connectivity index (χ4n) is 4.48. The van der Waals surface area contributed by atoms with E-state index < -0.39 is 0 Å². The average Bonchev–Trinajstić information content (AvgIpc) is 3.52. The number of amides is 1. The lowest BCUT2D eigenvalue weighted by Gasteiger charge is -2.10. The summed E-state index contributed by atoms with van der Waals surface area (Å²) < 4.78 is 12.6. The molecule has 0 unspecified atom stereocenters. The van der Waals surface area contributed by atoms with Gasteiger partial charge >= 0.3 is 0 Å². The Kier molecular flexibility index (Phi) is 5.54. The highest BCUT2D eigenvalue weighted by atomic mass is 32.1. The molecule has 0 spiro atoms. The maximum atomic E-state index is 13.1. The number of para-hydroxylation sites is 1. The number of carbonyl (C=O) groups is 1. The summed E-state index contributed by atoms with van der Waals surface area (Å²) in [5, 5.41) is 4.62. The van der Waals surface area contributed by atoms with Gasteiger partial charge in [-0.2, -0.15) is 0 Å². The van der Waals surface area contributed by atoms with E-state index in [-0.39, 0.29) is 24.8 Å². The summed E-state index contributed by atoms with van der Waals surface area (Å²) in [6.07, 6.45) is 2.72. The van der Waals surface area contributed by atoms with Gasteiger partial charge in [0, 0.05) is 35.3 Å². The number of H-pyrrole nitrogens is 2. The second kappa shape index (κ2) is 9.01. The number of hydrogen-bond acceptors (Lipinski definition) is 5. The van der Waals surface area contributed by atoms with E-state index in [1.165, 1.54) is 15.5 Å². The topological polar surface area (TPSA) is 101 Å². The smallest absolute Gasteiger partial charge is 0.262 e. The fraction of sp³-hybridized carbons (Fsp3) is 0.148. The Morgan fingerprint density at radius 1 is 1.00 bits per heavy atom. The highest BCUT2D eigenvalue weighted by Crippen LogP contribution is 2.34. The van der Waals surface area contributed by atoms with E-state index in [9.17, 15) is 9.59 Å². The Morgan fingerprint density at radius 3 is 2.61 bits per heavy atom. The fourth-order valence-corrected chi connectivity index (χ4v) is 4.74.